The number of nitrogens with zero attached hydrogens (tertiary/aromatic N) is 4. The number of amides is 1. The van der Waals surface area contributed by atoms with Gasteiger partial charge in [0.25, 0.3) is 5.89 Å². The molecular weight excluding hydrogens is 351 g/mol. The third-order valence-corrected chi connectivity index (χ3v) is 4.69. The van der Waals surface area contributed by atoms with E-state index in [1.165, 1.54) is 12.1 Å². The first kappa shape index (κ1) is 17.4. The first-order chi connectivity index (χ1) is 13.1. The van der Waals surface area contributed by atoms with Crippen LogP contribution in [0.1, 0.15) is 42.5 Å². The zero-order valence-corrected chi connectivity index (χ0v) is 14.9. The van der Waals surface area contributed by atoms with Crippen LogP contribution in [0.5, 0.6) is 0 Å². The fraction of sp³-hybridized carbons (Fsp3) is 0.368. The van der Waals surface area contributed by atoms with E-state index in [-0.39, 0.29) is 30.1 Å². The molecule has 1 fully saturated rings. The number of aryl methyl sites for hydroxylation is 2. The first-order valence-electron chi connectivity index (χ1n) is 8.91. The Morgan fingerprint density at radius 2 is 2.11 bits per heavy atom. The second kappa shape index (κ2) is 7.30. The molecule has 1 saturated heterocycles. The van der Waals surface area contributed by atoms with Crippen molar-refractivity contribution in [2.45, 2.75) is 38.6 Å². The molecule has 0 saturated carbocycles. The molecule has 1 atom stereocenters. The molecule has 2 aromatic heterocycles. The van der Waals surface area contributed by atoms with Gasteiger partial charge in [-0.2, -0.15) is 0 Å². The molecule has 3 aromatic rings. The van der Waals surface area contributed by atoms with Gasteiger partial charge in [0.1, 0.15) is 11.6 Å². The number of aromatic nitrogens is 3. The molecule has 7 nitrogen and oxygen atoms in total. The van der Waals surface area contributed by atoms with Gasteiger partial charge in [0, 0.05) is 25.5 Å². The highest BCUT2D eigenvalue weighted by atomic mass is 19.1. The molecular formula is C19H19FN4O3. The van der Waals surface area contributed by atoms with E-state index in [1.807, 2.05) is 4.90 Å². The van der Waals surface area contributed by atoms with E-state index in [9.17, 15) is 9.18 Å². The van der Waals surface area contributed by atoms with Gasteiger partial charge in [-0.1, -0.05) is 17.3 Å². The van der Waals surface area contributed by atoms with Gasteiger partial charge >= 0.3 is 0 Å². The number of carbonyl (C=O) groups is 1. The monoisotopic (exact) mass is 370 g/mol. The fourth-order valence-electron chi connectivity index (χ4n) is 3.38. The van der Waals surface area contributed by atoms with Crippen LogP contribution in [0, 0.1) is 12.7 Å². The Balaban J connectivity index is 1.39. The number of hydrogen-bond acceptors (Lipinski definition) is 6. The third kappa shape index (κ3) is 3.74. The van der Waals surface area contributed by atoms with Gasteiger partial charge in [-0.05, 0) is 37.5 Å². The predicted molar refractivity (Wildman–Crippen MR) is 92.9 cm³/mol. The maximum Gasteiger partial charge on any atom is 0.269 e. The number of benzene rings is 1. The maximum atomic E-state index is 13.1. The van der Waals surface area contributed by atoms with Crippen LogP contribution in [0.3, 0.4) is 0 Å². The molecule has 0 aliphatic carbocycles. The van der Waals surface area contributed by atoms with E-state index in [0.29, 0.717) is 30.3 Å². The van der Waals surface area contributed by atoms with Gasteiger partial charge in [0.2, 0.25) is 11.8 Å². The van der Waals surface area contributed by atoms with Gasteiger partial charge < -0.3 is 13.8 Å². The lowest BCUT2D eigenvalue weighted by Crippen LogP contribution is -2.30. The van der Waals surface area contributed by atoms with Gasteiger partial charge in [-0.15, -0.1) is 10.2 Å². The van der Waals surface area contributed by atoms with E-state index >= 15 is 0 Å². The van der Waals surface area contributed by atoms with Crippen LogP contribution in [0.25, 0.3) is 11.6 Å². The van der Waals surface area contributed by atoms with Crippen LogP contribution in [0.4, 0.5) is 4.39 Å². The average Bonchev–Trinajstić information content (AvgIpc) is 3.40. The molecule has 27 heavy (non-hydrogen) atoms. The molecule has 4 rings (SSSR count). The van der Waals surface area contributed by atoms with E-state index in [2.05, 4.69) is 15.4 Å². The van der Waals surface area contributed by atoms with Crippen LogP contribution in [0.2, 0.25) is 0 Å². The summed E-state index contributed by atoms with van der Waals surface area (Å²) in [6.07, 6.45) is 2.45. The molecule has 1 aliphatic heterocycles. The highest BCUT2D eigenvalue weighted by Crippen LogP contribution is 2.32. The lowest BCUT2D eigenvalue weighted by Gasteiger charge is -2.25. The number of likely N-dealkylation sites (tertiary alicyclic amines) is 1. The Labute approximate surface area is 155 Å². The minimum atomic E-state index is -0.274. The Morgan fingerprint density at radius 1 is 1.30 bits per heavy atom. The van der Waals surface area contributed by atoms with Crippen molar-refractivity contribution in [1.82, 2.24) is 20.3 Å². The van der Waals surface area contributed by atoms with Crippen molar-refractivity contribution in [3.63, 3.8) is 0 Å². The Kier molecular flexibility index (Phi) is 4.70. The number of rotatable bonds is 5. The Hall–Kier alpha value is -3.03. The van der Waals surface area contributed by atoms with E-state index in [0.717, 1.165) is 18.4 Å². The van der Waals surface area contributed by atoms with E-state index in [1.54, 1.807) is 25.1 Å². The lowest BCUT2D eigenvalue weighted by atomic mass is 10.0. The smallest absolute Gasteiger partial charge is 0.269 e. The molecule has 140 valence electrons. The largest absolute Gasteiger partial charge is 0.419 e. The summed E-state index contributed by atoms with van der Waals surface area (Å²) in [6.45, 7) is 2.48. The summed E-state index contributed by atoms with van der Waals surface area (Å²) in [4.78, 5) is 14.5. The predicted octanol–water partition coefficient (Wildman–Crippen LogP) is 3.47. The summed E-state index contributed by atoms with van der Waals surface area (Å²) >= 11 is 0. The van der Waals surface area contributed by atoms with Crippen LogP contribution in [0.15, 0.2) is 39.3 Å². The topological polar surface area (TPSA) is 85.3 Å². The van der Waals surface area contributed by atoms with Gasteiger partial charge in [0.05, 0.1) is 6.04 Å². The van der Waals surface area contributed by atoms with Crippen molar-refractivity contribution in [2.75, 3.05) is 6.54 Å². The summed E-state index contributed by atoms with van der Waals surface area (Å²) in [5, 5.41) is 11.8. The van der Waals surface area contributed by atoms with Crippen molar-refractivity contribution in [2.24, 2.45) is 0 Å². The average molecular weight is 370 g/mol. The molecule has 0 unspecified atom stereocenters. The van der Waals surface area contributed by atoms with Crippen molar-refractivity contribution < 1.29 is 18.1 Å². The molecule has 1 aromatic carbocycles. The number of carbonyl (C=O) groups excluding carboxylic acids is 1. The number of hydrogen-bond donors (Lipinski definition) is 0. The Bertz CT molecular complexity index is 935. The highest BCUT2D eigenvalue weighted by molar-refractivity contribution is 5.77. The summed E-state index contributed by atoms with van der Waals surface area (Å²) in [5.41, 5.74) is 1.44. The van der Waals surface area contributed by atoms with Crippen molar-refractivity contribution in [1.29, 1.82) is 0 Å². The summed E-state index contributed by atoms with van der Waals surface area (Å²) in [6, 6.07) is 8.06. The molecule has 0 spiro atoms. The quantitative estimate of drug-likeness (QED) is 0.684. The minimum absolute atomic E-state index is 0.00514. The normalized spacial score (nSPS) is 16.8. The van der Waals surface area contributed by atoms with Crippen molar-refractivity contribution >= 4 is 5.91 Å². The third-order valence-electron chi connectivity index (χ3n) is 4.69. The van der Waals surface area contributed by atoms with E-state index < -0.39 is 0 Å². The summed E-state index contributed by atoms with van der Waals surface area (Å²) in [5.74, 6) is 1.07. The van der Waals surface area contributed by atoms with Gasteiger partial charge in [-0.25, -0.2) is 4.39 Å². The second-order valence-electron chi connectivity index (χ2n) is 6.62. The number of halogens is 1. The van der Waals surface area contributed by atoms with Crippen LogP contribution in [-0.2, 0) is 11.2 Å². The molecule has 0 N–H and O–H groups in total. The Morgan fingerprint density at radius 3 is 2.85 bits per heavy atom. The molecule has 0 radical (unpaired) electrons. The standard InChI is InChI=1S/C19H19FN4O3/c1-12-11-15(23-27-12)19-22-21-17(26-19)8-9-18(25)24-10-2-3-16(24)13-4-6-14(20)7-5-13/h4-7,11,16H,2-3,8-10H2,1H3/t16-/m0/s1. The fourth-order valence-corrected chi connectivity index (χ4v) is 3.38. The highest BCUT2D eigenvalue weighted by Gasteiger charge is 2.29. The SMILES string of the molecule is Cc1cc(-c2nnc(CCC(=O)N3CCC[C@H]3c3ccc(F)cc3)o2)no1. The molecule has 1 aliphatic rings. The van der Waals surface area contributed by atoms with Gasteiger partial charge in [-0.3, -0.25) is 4.79 Å². The lowest BCUT2D eigenvalue weighted by molar-refractivity contribution is -0.132. The molecule has 8 heteroatoms. The van der Waals surface area contributed by atoms with Crippen LogP contribution in [-0.4, -0.2) is 32.7 Å². The van der Waals surface area contributed by atoms with Gasteiger partial charge in [0.15, 0.2) is 5.69 Å². The zero-order valence-electron chi connectivity index (χ0n) is 14.9. The van der Waals surface area contributed by atoms with E-state index in [4.69, 9.17) is 8.94 Å². The van der Waals surface area contributed by atoms with Crippen LogP contribution < -0.4 is 0 Å². The maximum absolute atomic E-state index is 13.1. The summed E-state index contributed by atoms with van der Waals surface area (Å²) in [7, 11) is 0. The molecule has 1 amide bonds. The molecule has 0 bridgehead atoms. The zero-order chi connectivity index (χ0) is 18.8. The van der Waals surface area contributed by atoms with Crippen molar-refractivity contribution in [3.05, 3.63) is 53.4 Å². The molecule has 3 heterocycles. The van der Waals surface area contributed by atoms with Crippen molar-refractivity contribution in [3.8, 4) is 11.6 Å². The minimum Gasteiger partial charge on any atom is -0.419 e. The summed E-state index contributed by atoms with van der Waals surface area (Å²) < 4.78 is 23.7. The second-order valence-corrected chi connectivity index (χ2v) is 6.62. The van der Waals surface area contributed by atoms with Crippen LogP contribution >= 0.6 is 0 Å². The first-order valence-corrected chi connectivity index (χ1v) is 8.91.